The average molecular weight is 221 g/mol. The van der Waals surface area contributed by atoms with Gasteiger partial charge in [0, 0.05) is 13.2 Å². The Kier molecular flexibility index (Phi) is 2.87. The van der Waals surface area contributed by atoms with Crippen molar-refractivity contribution in [3.63, 3.8) is 0 Å². The SMILES string of the molecule is O=c1oc(=O)n(CCCO)c2ccccc12. The van der Waals surface area contributed by atoms with Crippen LogP contribution < -0.4 is 11.4 Å². The van der Waals surface area contributed by atoms with E-state index in [9.17, 15) is 9.59 Å². The zero-order chi connectivity index (χ0) is 11.5. The van der Waals surface area contributed by atoms with Gasteiger partial charge in [-0.25, -0.2) is 9.59 Å². The van der Waals surface area contributed by atoms with E-state index in [0.717, 1.165) is 0 Å². The van der Waals surface area contributed by atoms with Crippen molar-refractivity contribution < 1.29 is 9.52 Å². The summed E-state index contributed by atoms with van der Waals surface area (Å²) in [5.74, 6) is -0.683. The summed E-state index contributed by atoms with van der Waals surface area (Å²) in [5, 5.41) is 9.11. The van der Waals surface area contributed by atoms with Crippen LogP contribution in [-0.2, 0) is 6.54 Å². The number of benzene rings is 1. The minimum atomic E-state index is -0.683. The second-order valence-electron chi connectivity index (χ2n) is 3.40. The van der Waals surface area contributed by atoms with Gasteiger partial charge in [-0.15, -0.1) is 0 Å². The number of para-hydroxylation sites is 1. The van der Waals surface area contributed by atoms with Crippen LogP contribution in [0.25, 0.3) is 10.9 Å². The molecule has 0 aliphatic heterocycles. The minimum absolute atomic E-state index is 0.0140. The molecule has 0 bridgehead atoms. The molecule has 1 heterocycles. The molecule has 0 unspecified atom stereocenters. The Morgan fingerprint density at radius 2 is 2.00 bits per heavy atom. The number of hydrogen-bond acceptors (Lipinski definition) is 4. The summed E-state index contributed by atoms with van der Waals surface area (Å²) < 4.78 is 5.94. The predicted molar refractivity (Wildman–Crippen MR) is 58.4 cm³/mol. The largest absolute Gasteiger partial charge is 0.422 e. The van der Waals surface area contributed by atoms with Crippen LogP contribution in [0.4, 0.5) is 0 Å². The highest BCUT2D eigenvalue weighted by Crippen LogP contribution is 2.07. The highest BCUT2D eigenvalue weighted by atomic mass is 16.4. The van der Waals surface area contributed by atoms with Gasteiger partial charge in [0.1, 0.15) is 0 Å². The van der Waals surface area contributed by atoms with Gasteiger partial charge < -0.3 is 9.52 Å². The Hall–Kier alpha value is -1.88. The topological polar surface area (TPSA) is 72.4 Å². The maximum atomic E-state index is 11.5. The predicted octanol–water partition coefficient (Wildman–Crippen LogP) is 0.337. The Morgan fingerprint density at radius 1 is 1.25 bits per heavy atom. The fourth-order valence-corrected chi connectivity index (χ4v) is 1.61. The van der Waals surface area contributed by atoms with Gasteiger partial charge in [0.25, 0.3) is 0 Å². The molecular formula is C11H11NO4. The number of fused-ring (bicyclic) bond motifs is 1. The van der Waals surface area contributed by atoms with Crippen molar-refractivity contribution in [1.29, 1.82) is 0 Å². The molecule has 0 radical (unpaired) electrons. The number of aliphatic hydroxyl groups is 1. The smallest absolute Gasteiger partial charge is 0.396 e. The first-order chi connectivity index (χ1) is 7.74. The van der Waals surface area contributed by atoms with Gasteiger partial charge in [0.05, 0.1) is 10.9 Å². The molecule has 0 amide bonds. The fraction of sp³-hybridized carbons (Fsp3) is 0.273. The molecule has 5 nitrogen and oxygen atoms in total. The normalized spacial score (nSPS) is 10.8. The third-order valence-electron chi connectivity index (χ3n) is 2.35. The minimum Gasteiger partial charge on any atom is -0.396 e. The average Bonchev–Trinajstić information content (AvgIpc) is 2.29. The van der Waals surface area contributed by atoms with E-state index in [1.165, 1.54) is 4.57 Å². The van der Waals surface area contributed by atoms with Crippen LogP contribution in [0.2, 0.25) is 0 Å². The van der Waals surface area contributed by atoms with Gasteiger partial charge in [0.15, 0.2) is 0 Å². The summed E-state index contributed by atoms with van der Waals surface area (Å²) >= 11 is 0. The number of hydrogen-bond donors (Lipinski definition) is 1. The lowest BCUT2D eigenvalue weighted by Gasteiger charge is -2.06. The lowest BCUT2D eigenvalue weighted by atomic mass is 10.2. The van der Waals surface area contributed by atoms with Crippen LogP contribution in [0.3, 0.4) is 0 Å². The molecule has 0 fully saturated rings. The Balaban J connectivity index is 2.72. The van der Waals surface area contributed by atoms with Gasteiger partial charge in [-0.05, 0) is 18.6 Å². The molecule has 0 saturated heterocycles. The lowest BCUT2D eigenvalue weighted by Crippen LogP contribution is -2.25. The third-order valence-corrected chi connectivity index (χ3v) is 2.35. The van der Waals surface area contributed by atoms with E-state index in [-0.39, 0.29) is 6.61 Å². The molecule has 0 saturated carbocycles. The molecule has 2 aromatic rings. The van der Waals surface area contributed by atoms with Crippen LogP contribution in [0.1, 0.15) is 6.42 Å². The number of rotatable bonds is 3. The maximum Gasteiger partial charge on any atom is 0.422 e. The molecule has 1 aromatic heterocycles. The standard InChI is InChI=1S/C11H11NO4/c13-7-3-6-12-9-5-2-1-4-8(9)10(14)16-11(12)15/h1-2,4-5,13H,3,6-7H2. The van der Waals surface area contributed by atoms with Crippen LogP contribution in [0.15, 0.2) is 38.3 Å². The Morgan fingerprint density at radius 3 is 2.75 bits per heavy atom. The first kappa shape index (κ1) is 10.6. The summed E-state index contributed by atoms with van der Waals surface area (Å²) in [6.45, 7) is 0.319. The van der Waals surface area contributed by atoms with E-state index in [0.29, 0.717) is 23.9 Å². The molecular weight excluding hydrogens is 210 g/mol. The van der Waals surface area contributed by atoms with Crippen LogP contribution in [0.5, 0.6) is 0 Å². The molecule has 2 rings (SSSR count). The van der Waals surface area contributed by atoms with Crippen molar-refractivity contribution in [3.8, 4) is 0 Å². The molecule has 0 atom stereocenters. The molecule has 0 aliphatic rings. The van der Waals surface area contributed by atoms with Gasteiger partial charge in [-0.2, -0.15) is 0 Å². The first-order valence-corrected chi connectivity index (χ1v) is 4.97. The first-order valence-electron chi connectivity index (χ1n) is 4.97. The highest BCUT2D eigenvalue weighted by Gasteiger charge is 2.07. The molecule has 84 valence electrons. The van der Waals surface area contributed by atoms with Crippen molar-refractivity contribution in [3.05, 3.63) is 45.2 Å². The highest BCUT2D eigenvalue weighted by molar-refractivity contribution is 5.77. The molecule has 5 heteroatoms. The van der Waals surface area contributed by atoms with E-state index in [4.69, 9.17) is 5.11 Å². The van der Waals surface area contributed by atoms with Gasteiger partial charge in [0.2, 0.25) is 0 Å². The van der Waals surface area contributed by atoms with Crippen LogP contribution in [0, 0.1) is 0 Å². The van der Waals surface area contributed by atoms with Crippen LogP contribution in [-0.4, -0.2) is 16.3 Å². The van der Waals surface area contributed by atoms with Gasteiger partial charge in [-0.1, -0.05) is 12.1 Å². The second-order valence-corrected chi connectivity index (χ2v) is 3.40. The molecule has 0 aliphatic carbocycles. The van der Waals surface area contributed by atoms with E-state index >= 15 is 0 Å². The van der Waals surface area contributed by atoms with Crippen LogP contribution >= 0.6 is 0 Å². The summed E-state index contributed by atoms with van der Waals surface area (Å²) in [4.78, 5) is 22.9. The van der Waals surface area contributed by atoms with Crippen molar-refractivity contribution >= 4 is 10.9 Å². The van der Waals surface area contributed by atoms with Crippen molar-refractivity contribution in [2.24, 2.45) is 0 Å². The lowest BCUT2D eigenvalue weighted by molar-refractivity contribution is 0.276. The quantitative estimate of drug-likeness (QED) is 0.811. The monoisotopic (exact) mass is 221 g/mol. The number of nitrogens with zero attached hydrogens (tertiary/aromatic N) is 1. The van der Waals surface area contributed by atoms with Gasteiger partial charge >= 0.3 is 11.4 Å². The maximum absolute atomic E-state index is 11.5. The van der Waals surface area contributed by atoms with Crippen molar-refractivity contribution in [1.82, 2.24) is 4.57 Å². The van der Waals surface area contributed by atoms with Crippen molar-refractivity contribution in [2.75, 3.05) is 6.61 Å². The van der Waals surface area contributed by atoms with E-state index in [2.05, 4.69) is 4.42 Å². The fourth-order valence-electron chi connectivity index (χ4n) is 1.61. The third kappa shape index (κ3) is 1.77. The van der Waals surface area contributed by atoms with Crippen molar-refractivity contribution in [2.45, 2.75) is 13.0 Å². The molecule has 1 aromatic carbocycles. The summed E-state index contributed by atoms with van der Waals surface area (Å²) in [7, 11) is 0. The second kappa shape index (κ2) is 4.32. The zero-order valence-corrected chi connectivity index (χ0v) is 8.55. The Bertz CT molecular complexity index is 611. The molecule has 1 N–H and O–H groups in total. The Labute approximate surface area is 90.6 Å². The number of aryl methyl sites for hydroxylation is 1. The summed E-state index contributed by atoms with van der Waals surface area (Å²) in [5.41, 5.74) is -0.0851. The molecule has 0 spiro atoms. The summed E-state index contributed by atoms with van der Waals surface area (Å²) in [6, 6.07) is 6.75. The molecule has 16 heavy (non-hydrogen) atoms. The number of aromatic nitrogens is 1. The van der Waals surface area contributed by atoms with E-state index in [1.807, 2.05) is 0 Å². The zero-order valence-electron chi connectivity index (χ0n) is 8.55. The number of aliphatic hydroxyl groups excluding tert-OH is 1. The van der Waals surface area contributed by atoms with E-state index in [1.54, 1.807) is 24.3 Å². The van der Waals surface area contributed by atoms with Gasteiger partial charge in [-0.3, -0.25) is 4.57 Å². The summed E-state index contributed by atoms with van der Waals surface area (Å²) in [6.07, 6.45) is 0.442. The van der Waals surface area contributed by atoms with E-state index < -0.39 is 11.4 Å².